The minimum Gasteiger partial charge on any atom is -0.337 e. The predicted molar refractivity (Wildman–Crippen MR) is 124 cm³/mol. The molecule has 9 heteroatoms. The molecule has 4 rings (SSSR count). The van der Waals surface area contributed by atoms with Crippen LogP contribution in [0.1, 0.15) is 17.0 Å². The molecule has 3 aromatic rings. The minimum absolute atomic E-state index is 0.111. The van der Waals surface area contributed by atoms with E-state index >= 15 is 0 Å². The van der Waals surface area contributed by atoms with Crippen LogP contribution in [0.3, 0.4) is 0 Å². The molecule has 0 radical (unpaired) electrons. The van der Waals surface area contributed by atoms with Gasteiger partial charge in [0, 0.05) is 43.5 Å². The number of nitrogens with zero attached hydrogens (tertiary/aromatic N) is 4. The summed E-state index contributed by atoms with van der Waals surface area (Å²) >= 11 is 0. The Morgan fingerprint density at radius 2 is 1.61 bits per heavy atom. The summed E-state index contributed by atoms with van der Waals surface area (Å²) in [6.07, 6.45) is 3.25. The van der Waals surface area contributed by atoms with Crippen molar-refractivity contribution in [2.75, 3.05) is 26.2 Å². The highest BCUT2D eigenvalue weighted by Crippen LogP contribution is 2.21. The van der Waals surface area contributed by atoms with Crippen LogP contribution in [-0.4, -0.2) is 59.5 Å². The van der Waals surface area contributed by atoms with Crippen LogP contribution in [0.5, 0.6) is 0 Å². The first kappa shape index (κ1) is 22.9. The molecule has 0 bridgehead atoms. The minimum atomic E-state index is -3.94. The van der Waals surface area contributed by atoms with Gasteiger partial charge in [-0.2, -0.15) is 9.40 Å². The molecule has 1 saturated heterocycles. The van der Waals surface area contributed by atoms with Gasteiger partial charge in [0.1, 0.15) is 10.7 Å². The van der Waals surface area contributed by atoms with Gasteiger partial charge in [-0.3, -0.25) is 4.79 Å². The second-order valence-corrected chi connectivity index (χ2v) is 9.73. The fourth-order valence-corrected chi connectivity index (χ4v) is 5.41. The molecule has 1 fully saturated rings. The van der Waals surface area contributed by atoms with Crippen molar-refractivity contribution in [1.29, 1.82) is 0 Å². The Kier molecular flexibility index (Phi) is 6.44. The van der Waals surface area contributed by atoms with E-state index in [4.69, 9.17) is 0 Å². The Morgan fingerprint density at radius 3 is 2.27 bits per heavy atom. The zero-order valence-corrected chi connectivity index (χ0v) is 19.3. The van der Waals surface area contributed by atoms with Gasteiger partial charge in [-0.15, -0.1) is 0 Å². The van der Waals surface area contributed by atoms with E-state index in [9.17, 15) is 17.6 Å². The Bertz CT molecular complexity index is 1290. The number of aromatic nitrogens is 2. The molecule has 0 aliphatic carbocycles. The quantitative estimate of drug-likeness (QED) is 0.539. The Labute approximate surface area is 192 Å². The van der Waals surface area contributed by atoms with Gasteiger partial charge in [0.05, 0.1) is 11.4 Å². The van der Waals surface area contributed by atoms with Crippen LogP contribution in [0.25, 0.3) is 11.8 Å². The van der Waals surface area contributed by atoms with Gasteiger partial charge in [0.15, 0.2) is 0 Å². The number of rotatable bonds is 5. The van der Waals surface area contributed by atoms with E-state index in [1.165, 1.54) is 28.6 Å². The number of piperazine rings is 1. The van der Waals surface area contributed by atoms with E-state index in [0.717, 1.165) is 28.7 Å². The number of para-hydroxylation sites is 1. The predicted octanol–water partition coefficient (Wildman–Crippen LogP) is 3.17. The van der Waals surface area contributed by atoms with Gasteiger partial charge in [-0.25, -0.2) is 17.5 Å². The first-order valence-corrected chi connectivity index (χ1v) is 12.1. The average Bonchev–Trinajstić information content (AvgIpc) is 3.11. The molecule has 1 aromatic heterocycles. The first-order valence-electron chi connectivity index (χ1n) is 10.6. The van der Waals surface area contributed by atoms with Crippen LogP contribution in [0, 0.1) is 19.7 Å². The number of halogens is 1. The highest BCUT2D eigenvalue weighted by molar-refractivity contribution is 7.89. The summed E-state index contributed by atoms with van der Waals surface area (Å²) in [4.78, 5) is 14.0. The largest absolute Gasteiger partial charge is 0.337 e. The molecule has 0 N–H and O–H groups in total. The number of benzene rings is 2. The summed E-state index contributed by atoms with van der Waals surface area (Å²) in [5.41, 5.74) is 3.54. The lowest BCUT2D eigenvalue weighted by Crippen LogP contribution is -2.50. The maximum Gasteiger partial charge on any atom is 0.246 e. The molecule has 172 valence electrons. The molecule has 2 heterocycles. The highest BCUT2D eigenvalue weighted by Gasteiger charge is 2.31. The van der Waals surface area contributed by atoms with Crippen LogP contribution < -0.4 is 0 Å². The molecule has 1 amide bonds. The molecule has 2 aromatic carbocycles. The number of carbonyl (C=O) groups is 1. The maximum absolute atomic E-state index is 14.0. The van der Waals surface area contributed by atoms with Crippen molar-refractivity contribution in [2.45, 2.75) is 18.7 Å². The van der Waals surface area contributed by atoms with Gasteiger partial charge in [0.2, 0.25) is 15.9 Å². The summed E-state index contributed by atoms with van der Waals surface area (Å²) in [6.45, 7) is 4.53. The average molecular weight is 469 g/mol. The van der Waals surface area contributed by atoms with Crippen LogP contribution in [0.15, 0.2) is 65.6 Å². The monoisotopic (exact) mass is 468 g/mol. The van der Waals surface area contributed by atoms with Crippen molar-refractivity contribution < 1.29 is 17.6 Å². The summed E-state index contributed by atoms with van der Waals surface area (Å²) in [6, 6.07) is 15.1. The van der Waals surface area contributed by atoms with Crippen molar-refractivity contribution >= 4 is 22.0 Å². The number of hydrogen-bond acceptors (Lipinski definition) is 4. The first-order chi connectivity index (χ1) is 15.8. The van der Waals surface area contributed by atoms with E-state index in [2.05, 4.69) is 5.10 Å². The number of hydrogen-bond donors (Lipinski definition) is 0. The third-order valence-corrected chi connectivity index (χ3v) is 7.68. The van der Waals surface area contributed by atoms with E-state index in [-0.39, 0.29) is 37.0 Å². The second-order valence-electron chi connectivity index (χ2n) is 7.82. The van der Waals surface area contributed by atoms with E-state index < -0.39 is 15.8 Å². The summed E-state index contributed by atoms with van der Waals surface area (Å²) in [5, 5.41) is 4.58. The third kappa shape index (κ3) is 4.60. The molecule has 33 heavy (non-hydrogen) atoms. The van der Waals surface area contributed by atoms with E-state index in [0.29, 0.717) is 0 Å². The summed E-state index contributed by atoms with van der Waals surface area (Å²) < 4.78 is 42.6. The Balaban J connectivity index is 1.43. The molecule has 7 nitrogen and oxygen atoms in total. The molecule has 0 saturated carbocycles. The molecule has 0 spiro atoms. The second kappa shape index (κ2) is 9.29. The van der Waals surface area contributed by atoms with Crippen molar-refractivity contribution in [2.24, 2.45) is 0 Å². The molecular formula is C24H25FN4O3S. The van der Waals surface area contributed by atoms with E-state index in [1.807, 2.05) is 48.9 Å². The summed E-state index contributed by atoms with van der Waals surface area (Å²) in [5.74, 6) is -0.982. The van der Waals surface area contributed by atoms with Gasteiger partial charge >= 0.3 is 0 Å². The van der Waals surface area contributed by atoms with Crippen LogP contribution in [0.2, 0.25) is 0 Å². The molecule has 0 unspecified atom stereocenters. The lowest BCUT2D eigenvalue weighted by Gasteiger charge is -2.33. The number of amides is 1. The zero-order valence-electron chi connectivity index (χ0n) is 18.5. The van der Waals surface area contributed by atoms with E-state index in [1.54, 1.807) is 11.0 Å². The zero-order chi connectivity index (χ0) is 23.6. The Morgan fingerprint density at radius 1 is 0.970 bits per heavy atom. The van der Waals surface area contributed by atoms with Crippen LogP contribution >= 0.6 is 0 Å². The van der Waals surface area contributed by atoms with Gasteiger partial charge in [0.25, 0.3) is 0 Å². The van der Waals surface area contributed by atoms with Gasteiger partial charge < -0.3 is 4.90 Å². The lowest BCUT2D eigenvalue weighted by atomic mass is 10.1. The van der Waals surface area contributed by atoms with Gasteiger partial charge in [-0.1, -0.05) is 30.3 Å². The molecule has 0 atom stereocenters. The molecular weight excluding hydrogens is 443 g/mol. The van der Waals surface area contributed by atoms with Crippen LogP contribution in [-0.2, 0) is 14.8 Å². The third-order valence-electron chi connectivity index (χ3n) is 5.75. The fourth-order valence-electron chi connectivity index (χ4n) is 3.92. The summed E-state index contributed by atoms with van der Waals surface area (Å²) in [7, 11) is -3.94. The van der Waals surface area contributed by atoms with Crippen molar-refractivity contribution in [3.8, 4) is 5.69 Å². The molecule has 1 aliphatic heterocycles. The van der Waals surface area contributed by atoms with Gasteiger partial charge in [-0.05, 0) is 44.2 Å². The van der Waals surface area contributed by atoms with Crippen molar-refractivity contribution in [3.05, 3.63) is 83.4 Å². The number of carbonyl (C=O) groups excluding carboxylic acids is 1. The smallest absolute Gasteiger partial charge is 0.246 e. The van der Waals surface area contributed by atoms with Crippen LogP contribution in [0.4, 0.5) is 4.39 Å². The topological polar surface area (TPSA) is 75.5 Å². The molecule has 1 aliphatic rings. The number of aryl methyl sites for hydroxylation is 1. The fraction of sp³-hybridized carbons (Fsp3) is 0.250. The van der Waals surface area contributed by atoms with Crippen molar-refractivity contribution in [1.82, 2.24) is 19.0 Å². The van der Waals surface area contributed by atoms with Crippen molar-refractivity contribution in [3.63, 3.8) is 0 Å². The standard InChI is InChI=1S/C24H25FN4O3S/c1-18-21(19(2)29(26-18)20-8-4-3-5-9-20)12-13-24(30)27-14-16-28(17-15-27)33(31,32)23-11-7-6-10-22(23)25/h3-13H,14-17H2,1-2H3/b13-12+. The number of sulfonamides is 1. The SMILES string of the molecule is Cc1nn(-c2ccccc2)c(C)c1/C=C/C(=O)N1CCN(S(=O)(=O)c2ccccc2F)CC1. The Hall–Kier alpha value is -3.30. The highest BCUT2D eigenvalue weighted by atomic mass is 32.2. The maximum atomic E-state index is 14.0. The lowest BCUT2D eigenvalue weighted by molar-refractivity contribution is -0.127. The normalized spacial score (nSPS) is 15.3.